The van der Waals surface area contributed by atoms with Gasteiger partial charge in [0, 0.05) is 5.69 Å². The third kappa shape index (κ3) is 2.85. The van der Waals surface area contributed by atoms with Crippen LogP contribution in [-0.4, -0.2) is 0 Å². The monoisotopic (exact) mass is 203 g/mol. The fourth-order valence-electron chi connectivity index (χ4n) is 1.69. The number of hydrogen-bond donors (Lipinski definition) is 1. The lowest BCUT2D eigenvalue weighted by Gasteiger charge is -2.22. The summed E-state index contributed by atoms with van der Waals surface area (Å²) in [6, 6.07) is 6.31. The molecule has 0 aliphatic carbocycles. The molecule has 2 N–H and O–H groups in total. The molecule has 0 radical (unpaired) electrons. The van der Waals surface area contributed by atoms with Gasteiger partial charge in [-0.3, -0.25) is 0 Å². The molecule has 0 atom stereocenters. The number of benzene rings is 1. The molecule has 0 saturated carbocycles. The van der Waals surface area contributed by atoms with E-state index >= 15 is 0 Å². The fraction of sp³-hybridized carbons (Fsp3) is 0.429. The zero-order valence-electron chi connectivity index (χ0n) is 10.2. The zero-order chi connectivity index (χ0) is 11.5. The second-order valence-electron chi connectivity index (χ2n) is 4.90. The van der Waals surface area contributed by atoms with Crippen LogP contribution < -0.4 is 5.73 Å². The third-order valence-corrected chi connectivity index (χ3v) is 2.58. The molecule has 1 heteroatoms. The number of para-hydroxylation sites is 1. The number of rotatable bonds is 2. The maximum atomic E-state index is 6.18. The highest BCUT2D eigenvalue weighted by molar-refractivity contribution is 5.57. The van der Waals surface area contributed by atoms with E-state index in [0.717, 1.165) is 12.1 Å². The molecule has 1 aromatic rings. The second-order valence-corrected chi connectivity index (χ2v) is 4.90. The average Bonchev–Trinajstić information content (AvgIpc) is 2.14. The minimum Gasteiger partial charge on any atom is -0.398 e. The van der Waals surface area contributed by atoms with Crippen LogP contribution >= 0.6 is 0 Å². The van der Waals surface area contributed by atoms with E-state index in [2.05, 4.69) is 51.1 Å². The van der Waals surface area contributed by atoms with Crippen LogP contribution in [0.25, 0.3) is 0 Å². The SMILES string of the molecule is C/C=C/Cc1cccc(C(C)(C)C)c1N. The van der Waals surface area contributed by atoms with E-state index < -0.39 is 0 Å². The maximum absolute atomic E-state index is 6.18. The Morgan fingerprint density at radius 3 is 2.47 bits per heavy atom. The van der Waals surface area contributed by atoms with Crippen molar-refractivity contribution in [1.82, 2.24) is 0 Å². The molecular formula is C14H21N. The van der Waals surface area contributed by atoms with Gasteiger partial charge in [-0.1, -0.05) is 51.1 Å². The Hall–Kier alpha value is -1.24. The molecule has 1 nitrogen and oxygen atoms in total. The summed E-state index contributed by atoms with van der Waals surface area (Å²) >= 11 is 0. The topological polar surface area (TPSA) is 26.0 Å². The lowest BCUT2D eigenvalue weighted by molar-refractivity contribution is 0.592. The van der Waals surface area contributed by atoms with Crippen LogP contribution in [0.2, 0.25) is 0 Å². The summed E-state index contributed by atoms with van der Waals surface area (Å²) in [4.78, 5) is 0. The molecule has 0 bridgehead atoms. The van der Waals surface area contributed by atoms with Crippen molar-refractivity contribution in [3.63, 3.8) is 0 Å². The first-order chi connectivity index (χ1) is 6.96. The van der Waals surface area contributed by atoms with Gasteiger partial charge in [0.25, 0.3) is 0 Å². The second kappa shape index (κ2) is 4.52. The van der Waals surface area contributed by atoms with Crippen LogP contribution in [0.3, 0.4) is 0 Å². The minimum atomic E-state index is 0.121. The van der Waals surface area contributed by atoms with Gasteiger partial charge < -0.3 is 5.73 Å². The molecule has 0 amide bonds. The maximum Gasteiger partial charge on any atom is 0.0387 e. The van der Waals surface area contributed by atoms with E-state index in [1.54, 1.807) is 0 Å². The summed E-state index contributed by atoms with van der Waals surface area (Å²) in [5.41, 5.74) is 9.71. The van der Waals surface area contributed by atoms with Gasteiger partial charge in [-0.25, -0.2) is 0 Å². The van der Waals surface area contributed by atoms with E-state index in [0.29, 0.717) is 0 Å². The molecule has 1 aromatic carbocycles. The van der Waals surface area contributed by atoms with Crippen LogP contribution in [0.4, 0.5) is 5.69 Å². The number of allylic oxidation sites excluding steroid dienone is 2. The van der Waals surface area contributed by atoms with Crippen molar-refractivity contribution in [3.8, 4) is 0 Å². The lowest BCUT2D eigenvalue weighted by atomic mass is 9.84. The van der Waals surface area contributed by atoms with Gasteiger partial charge in [-0.2, -0.15) is 0 Å². The van der Waals surface area contributed by atoms with Crippen molar-refractivity contribution in [2.45, 2.75) is 39.5 Å². The van der Waals surface area contributed by atoms with Crippen molar-refractivity contribution < 1.29 is 0 Å². The first-order valence-electron chi connectivity index (χ1n) is 5.46. The Balaban J connectivity index is 3.11. The molecule has 0 unspecified atom stereocenters. The summed E-state index contributed by atoms with van der Waals surface area (Å²) in [6.07, 6.45) is 5.12. The van der Waals surface area contributed by atoms with E-state index in [9.17, 15) is 0 Å². The fourth-order valence-corrected chi connectivity index (χ4v) is 1.69. The van der Waals surface area contributed by atoms with Gasteiger partial charge in [-0.15, -0.1) is 0 Å². The third-order valence-electron chi connectivity index (χ3n) is 2.58. The van der Waals surface area contributed by atoms with Crippen LogP contribution in [0.1, 0.15) is 38.8 Å². The van der Waals surface area contributed by atoms with Crippen molar-refractivity contribution in [3.05, 3.63) is 41.5 Å². The predicted octanol–water partition coefficient (Wildman–Crippen LogP) is 3.68. The van der Waals surface area contributed by atoms with Crippen LogP contribution in [0.15, 0.2) is 30.4 Å². The smallest absolute Gasteiger partial charge is 0.0387 e. The molecular weight excluding hydrogens is 182 g/mol. The number of nitrogen functional groups attached to an aromatic ring is 1. The largest absolute Gasteiger partial charge is 0.398 e. The summed E-state index contributed by atoms with van der Waals surface area (Å²) < 4.78 is 0. The van der Waals surface area contributed by atoms with Gasteiger partial charge in [0.2, 0.25) is 0 Å². The Morgan fingerprint density at radius 1 is 1.27 bits per heavy atom. The Bertz CT molecular complexity index is 356. The quantitative estimate of drug-likeness (QED) is 0.576. The first kappa shape index (κ1) is 11.8. The van der Waals surface area contributed by atoms with Gasteiger partial charge in [-0.05, 0) is 29.9 Å². The molecule has 0 fully saturated rings. The minimum absolute atomic E-state index is 0.121. The van der Waals surface area contributed by atoms with Gasteiger partial charge in [0.1, 0.15) is 0 Å². The van der Waals surface area contributed by atoms with Gasteiger partial charge >= 0.3 is 0 Å². The molecule has 0 heterocycles. The Morgan fingerprint density at radius 2 is 1.93 bits per heavy atom. The molecule has 1 rings (SSSR count). The lowest BCUT2D eigenvalue weighted by Crippen LogP contribution is -2.14. The van der Waals surface area contributed by atoms with Crippen LogP contribution in [0, 0.1) is 0 Å². The molecule has 15 heavy (non-hydrogen) atoms. The summed E-state index contributed by atoms with van der Waals surface area (Å²) in [5, 5.41) is 0. The molecule has 0 aliphatic rings. The number of nitrogens with two attached hydrogens (primary N) is 1. The summed E-state index contributed by atoms with van der Waals surface area (Å²) in [5.74, 6) is 0. The van der Waals surface area contributed by atoms with Gasteiger partial charge in [0.05, 0.1) is 0 Å². The van der Waals surface area contributed by atoms with Crippen molar-refractivity contribution in [2.75, 3.05) is 5.73 Å². The van der Waals surface area contributed by atoms with E-state index in [1.165, 1.54) is 11.1 Å². The normalized spacial score (nSPS) is 12.3. The van der Waals surface area contributed by atoms with Crippen LogP contribution in [-0.2, 0) is 11.8 Å². The molecule has 0 spiro atoms. The van der Waals surface area contributed by atoms with Crippen molar-refractivity contribution >= 4 is 5.69 Å². The molecule has 82 valence electrons. The molecule has 0 aliphatic heterocycles. The van der Waals surface area contributed by atoms with Crippen LogP contribution in [0.5, 0.6) is 0 Å². The molecule has 0 aromatic heterocycles. The summed E-state index contributed by atoms with van der Waals surface area (Å²) in [7, 11) is 0. The van der Waals surface area contributed by atoms with Crippen molar-refractivity contribution in [1.29, 1.82) is 0 Å². The highest BCUT2D eigenvalue weighted by Gasteiger charge is 2.17. The highest BCUT2D eigenvalue weighted by atomic mass is 14.6. The number of anilines is 1. The first-order valence-corrected chi connectivity index (χ1v) is 5.46. The van der Waals surface area contributed by atoms with Gasteiger partial charge in [0.15, 0.2) is 0 Å². The predicted molar refractivity (Wildman–Crippen MR) is 68.1 cm³/mol. The van der Waals surface area contributed by atoms with Crippen molar-refractivity contribution in [2.24, 2.45) is 0 Å². The standard InChI is InChI=1S/C14H21N/c1-5-6-8-11-9-7-10-12(13(11)15)14(2,3)4/h5-7,9-10H,8,15H2,1-4H3/b6-5+. The van der Waals surface area contributed by atoms with E-state index in [-0.39, 0.29) is 5.41 Å². The summed E-state index contributed by atoms with van der Waals surface area (Å²) in [6.45, 7) is 8.61. The number of hydrogen-bond acceptors (Lipinski definition) is 1. The van der Waals surface area contributed by atoms with E-state index in [4.69, 9.17) is 5.73 Å². The van der Waals surface area contributed by atoms with E-state index in [1.807, 2.05) is 6.92 Å². The molecule has 0 saturated heterocycles. The Kier molecular flexibility index (Phi) is 3.57. The Labute approximate surface area is 93.0 Å². The zero-order valence-corrected chi connectivity index (χ0v) is 10.2. The highest BCUT2D eigenvalue weighted by Crippen LogP contribution is 2.30. The average molecular weight is 203 g/mol.